The molecule has 2 saturated heterocycles. The lowest BCUT2D eigenvalue weighted by Gasteiger charge is -2.34. The lowest BCUT2D eigenvalue weighted by molar-refractivity contribution is -0.130. The number of nitrogens with zero attached hydrogens (tertiary/aromatic N) is 6. The average molecular weight is 523 g/mol. The molecule has 1 aromatic carbocycles. The van der Waals surface area contributed by atoms with E-state index in [1.54, 1.807) is 30.5 Å². The molecule has 0 radical (unpaired) electrons. The van der Waals surface area contributed by atoms with Crippen molar-refractivity contribution in [3.63, 3.8) is 0 Å². The van der Waals surface area contributed by atoms with Crippen molar-refractivity contribution in [2.75, 3.05) is 24.7 Å². The molecule has 4 aromatic rings. The molecular formula is C28H26N8O3. The minimum absolute atomic E-state index is 0.0547. The van der Waals surface area contributed by atoms with Crippen molar-refractivity contribution in [1.82, 2.24) is 24.3 Å². The van der Waals surface area contributed by atoms with Gasteiger partial charge in [0.15, 0.2) is 0 Å². The first-order valence-electron chi connectivity index (χ1n) is 12.7. The molecule has 2 fully saturated rings. The Balaban J connectivity index is 1.36. The largest absolute Gasteiger partial charge is 0.496 e. The van der Waals surface area contributed by atoms with E-state index in [-0.39, 0.29) is 17.6 Å². The zero-order chi connectivity index (χ0) is 27.1. The first-order valence-corrected chi connectivity index (χ1v) is 12.7. The third-order valence-corrected chi connectivity index (χ3v) is 7.54. The Hall–Kier alpha value is -4.98. The number of nitrogen functional groups attached to an aromatic ring is 1. The van der Waals surface area contributed by atoms with E-state index < -0.39 is 5.91 Å². The second kappa shape index (κ2) is 9.72. The van der Waals surface area contributed by atoms with Crippen molar-refractivity contribution >= 4 is 29.0 Å². The van der Waals surface area contributed by atoms with Gasteiger partial charge in [-0.1, -0.05) is 0 Å². The number of fused-ring (bicyclic) bond motifs is 2. The van der Waals surface area contributed by atoms with Gasteiger partial charge in [-0.3, -0.25) is 14.0 Å². The molecule has 0 unspecified atom stereocenters. The van der Waals surface area contributed by atoms with Crippen LogP contribution in [0.25, 0.3) is 16.8 Å². The van der Waals surface area contributed by atoms with Crippen molar-refractivity contribution in [2.24, 2.45) is 0 Å². The van der Waals surface area contributed by atoms with E-state index >= 15 is 0 Å². The number of nitriles is 1. The van der Waals surface area contributed by atoms with E-state index in [1.807, 2.05) is 21.6 Å². The van der Waals surface area contributed by atoms with Gasteiger partial charge >= 0.3 is 0 Å². The number of rotatable bonds is 5. The molecule has 11 nitrogen and oxygen atoms in total. The standard InChI is InChI=1S/C28H26N8O3/c1-39-21-13-17(28(38)33-22-12-16(14-29)8-9-31-22)3-6-20(21)24-25-26(30)32-10-11-35(25)27(34-24)18-2-4-19-5-7-23(37)36(19)15-18/h3,6,8-13,18-19H,2,4-5,7,15H2,1H3,(H2,30,32)(H,31,33,38)/t18-,19+/m1/s1. The van der Waals surface area contributed by atoms with Crippen molar-refractivity contribution in [3.8, 4) is 23.1 Å². The first kappa shape index (κ1) is 24.4. The van der Waals surface area contributed by atoms with E-state index in [4.69, 9.17) is 20.7 Å². The fraction of sp³-hybridized carbons (Fsp3) is 0.286. The minimum Gasteiger partial charge on any atom is -0.496 e. The third-order valence-electron chi connectivity index (χ3n) is 7.54. The van der Waals surface area contributed by atoms with E-state index in [2.05, 4.69) is 15.3 Å². The Morgan fingerprint density at radius 2 is 2.05 bits per heavy atom. The van der Waals surface area contributed by atoms with Gasteiger partial charge in [-0.05, 0) is 49.6 Å². The number of aromatic nitrogens is 4. The number of nitrogens with one attached hydrogen (secondary N) is 1. The molecule has 0 aliphatic carbocycles. The molecule has 0 spiro atoms. The Morgan fingerprint density at radius 3 is 2.87 bits per heavy atom. The number of amides is 2. The summed E-state index contributed by atoms with van der Waals surface area (Å²) in [6, 6.07) is 10.5. The van der Waals surface area contributed by atoms with Crippen LogP contribution in [0.1, 0.15) is 53.3 Å². The number of hydrogen-bond acceptors (Lipinski definition) is 8. The summed E-state index contributed by atoms with van der Waals surface area (Å²) in [6.07, 6.45) is 8.35. The van der Waals surface area contributed by atoms with Crippen LogP contribution >= 0.6 is 0 Å². The zero-order valence-electron chi connectivity index (χ0n) is 21.3. The molecule has 3 aromatic heterocycles. The number of anilines is 2. The number of hydrogen-bond donors (Lipinski definition) is 2. The molecule has 39 heavy (non-hydrogen) atoms. The Kier molecular flexibility index (Phi) is 6.07. The summed E-state index contributed by atoms with van der Waals surface area (Å²) < 4.78 is 7.65. The van der Waals surface area contributed by atoms with Gasteiger partial charge in [-0.15, -0.1) is 0 Å². The summed E-state index contributed by atoms with van der Waals surface area (Å²) in [5.41, 5.74) is 9.00. The second-order valence-corrected chi connectivity index (χ2v) is 9.77. The molecule has 2 aliphatic heterocycles. The number of pyridine rings is 1. The van der Waals surface area contributed by atoms with E-state index in [0.29, 0.717) is 58.5 Å². The van der Waals surface area contributed by atoms with Gasteiger partial charge in [0.1, 0.15) is 34.4 Å². The number of methoxy groups -OCH3 is 1. The van der Waals surface area contributed by atoms with Gasteiger partial charge in [0.25, 0.3) is 5.91 Å². The fourth-order valence-electron chi connectivity index (χ4n) is 5.63. The molecule has 11 heteroatoms. The molecule has 2 amide bonds. The maximum Gasteiger partial charge on any atom is 0.256 e. The predicted octanol–water partition coefficient (Wildman–Crippen LogP) is 3.37. The van der Waals surface area contributed by atoms with E-state index in [1.165, 1.54) is 19.4 Å². The van der Waals surface area contributed by atoms with Crippen molar-refractivity contribution < 1.29 is 14.3 Å². The Morgan fingerprint density at radius 1 is 1.18 bits per heavy atom. The average Bonchev–Trinajstić information content (AvgIpc) is 3.54. The van der Waals surface area contributed by atoms with Crippen LogP contribution in [-0.2, 0) is 4.79 Å². The van der Waals surface area contributed by atoms with Crippen LogP contribution in [0.15, 0.2) is 48.9 Å². The summed E-state index contributed by atoms with van der Waals surface area (Å²) in [4.78, 5) is 40.8. The van der Waals surface area contributed by atoms with Crippen molar-refractivity contribution in [1.29, 1.82) is 5.26 Å². The van der Waals surface area contributed by atoms with E-state index in [9.17, 15) is 9.59 Å². The summed E-state index contributed by atoms with van der Waals surface area (Å²) >= 11 is 0. The van der Waals surface area contributed by atoms with Crippen LogP contribution < -0.4 is 15.8 Å². The Labute approximate surface area is 224 Å². The van der Waals surface area contributed by atoms with Crippen molar-refractivity contribution in [2.45, 2.75) is 37.6 Å². The number of nitrogens with two attached hydrogens (primary N) is 1. The molecule has 2 atom stereocenters. The molecule has 5 heterocycles. The van der Waals surface area contributed by atoms with Crippen LogP contribution in [0, 0.1) is 11.3 Å². The van der Waals surface area contributed by atoms with Crippen LogP contribution in [-0.4, -0.2) is 55.8 Å². The number of carbonyl (C=O) groups is 2. The smallest absolute Gasteiger partial charge is 0.256 e. The number of carbonyl (C=O) groups excluding carboxylic acids is 2. The number of piperidine rings is 1. The monoisotopic (exact) mass is 522 g/mol. The summed E-state index contributed by atoms with van der Waals surface area (Å²) in [5, 5.41) is 11.8. The highest BCUT2D eigenvalue weighted by molar-refractivity contribution is 6.04. The van der Waals surface area contributed by atoms with Crippen LogP contribution in [0.3, 0.4) is 0 Å². The van der Waals surface area contributed by atoms with Crippen molar-refractivity contribution in [3.05, 3.63) is 65.9 Å². The highest BCUT2D eigenvalue weighted by atomic mass is 16.5. The lowest BCUT2D eigenvalue weighted by Crippen LogP contribution is -2.41. The van der Waals surface area contributed by atoms with Gasteiger partial charge in [0.05, 0.1) is 18.7 Å². The highest BCUT2D eigenvalue weighted by Crippen LogP contribution is 2.40. The van der Waals surface area contributed by atoms with Crippen LogP contribution in [0.2, 0.25) is 0 Å². The fourth-order valence-corrected chi connectivity index (χ4v) is 5.63. The van der Waals surface area contributed by atoms with Crippen LogP contribution in [0.4, 0.5) is 11.6 Å². The lowest BCUT2D eigenvalue weighted by atomic mass is 9.92. The minimum atomic E-state index is -0.397. The topological polar surface area (TPSA) is 152 Å². The molecule has 2 aliphatic rings. The molecule has 0 bridgehead atoms. The predicted molar refractivity (Wildman–Crippen MR) is 143 cm³/mol. The molecule has 3 N–H and O–H groups in total. The molecule has 0 saturated carbocycles. The molecular weight excluding hydrogens is 496 g/mol. The summed E-state index contributed by atoms with van der Waals surface area (Å²) in [7, 11) is 1.53. The normalized spacial score (nSPS) is 18.6. The summed E-state index contributed by atoms with van der Waals surface area (Å²) in [5.74, 6) is 1.72. The second-order valence-electron chi connectivity index (χ2n) is 9.77. The number of ether oxygens (including phenoxy) is 1. The number of benzene rings is 1. The zero-order valence-corrected chi connectivity index (χ0v) is 21.3. The quantitative estimate of drug-likeness (QED) is 0.405. The summed E-state index contributed by atoms with van der Waals surface area (Å²) in [6.45, 7) is 0.627. The van der Waals surface area contributed by atoms with Gasteiger partial charge in [-0.2, -0.15) is 5.26 Å². The SMILES string of the molecule is COc1cc(C(=O)Nc2cc(C#N)ccn2)ccc1-c1nc([C@@H]2CC[C@H]3CCC(=O)N3C2)n2ccnc(N)c12. The maximum atomic E-state index is 13.0. The van der Waals surface area contributed by atoms with Gasteiger partial charge in [0, 0.05) is 54.6 Å². The van der Waals surface area contributed by atoms with Crippen LogP contribution in [0.5, 0.6) is 5.75 Å². The van der Waals surface area contributed by atoms with E-state index in [0.717, 1.165) is 25.1 Å². The van der Waals surface area contributed by atoms with Gasteiger partial charge in [-0.25, -0.2) is 15.0 Å². The van der Waals surface area contributed by atoms with Gasteiger partial charge < -0.3 is 20.7 Å². The van der Waals surface area contributed by atoms with Gasteiger partial charge in [0.2, 0.25) is 5.91 Å². The molecule has 196 valence electrons. The molecule has 6 rings (SSSR count). The maximum absolute atomic E-state index is 13.0. The number of imidazole rings is 1. The first-order chi connectivity index (χ1) is 19.0. The highest BCUT2D eigenvalue weighted by Gasteiger charge is 2.38. The third kappa shape index (κ3) is 4.29. The Bertz CT molecular complexity index is 1660.